The molecule has 1 N–H and O–H groups in total. The van der Waals surface area contributed by atoms with Crippen LogP contribution in [0.5, 0.6) is 11.5 Å². The molecule has 7 nitrogen and oxygen atoms in total. The van der Waals surface area contributed by atoms with E-state index < -0.39 is 0 Å². The maximum Gasteiger partial charge on any atom is 0.234 e. The molecule has 30 heavy (non-hydrogen) atoms. The zero-order valence-corrected chi connectivity index (χ0v) is 19.1. The van der Waals surface area contributed by atoms with Crippen molar-refractivity contribution in [2.24, 2.45) is 7.05 Å². The highest BCUT2D eigenvalue weighted by Gasteiger charge is 2.14. The molecule has 0 saturated heterocycles. The summed E-state index contributed by atoms with van der Waals surface area (Å²) in [7, 11) is 3.32. The molecule has 3 rings (SSSR count). The first kappa shape index (κ1) is 22.6. The van der Waals surface area contributed by atoms with Crippen molar-refractivity contribution in [1.29, 1.82) is 0 Å². The van der Waals surface area contributed by atoms with E-state index in [1.807, 2.05) is 0 Å². The van der Waals surface area contributed by atoms with Crippen molar-refractivity contribution in [1.82, 2.24) is 14.8 Å². The molecule has 11 heteroatoms. The standard InChI is InChI=1S/C19H17Cl3N4O3S/c1-26-17(9-29-15-5-3-11(20)7-13(15)22)24-25-19(26)30-10-18(27)23-14-8-12(21)4-6-16(14)28-2/h3-8H,9-10H2,1-2H3,(H,23,27). The number of carbonyl (C=O) groups excluding carboxylic acids is 1. The highest BCUT2D eigenvalue weighted by atomic mass is 35.5. The van der Waals surface area contributed by atoms with Gasteiger partial charge in [-0.15, -0.1) is 10.2 Å². The summed E-state index contributed by atoms with van der Waals surface area (Å²) in [6.07, 6.45) is 0. The van der Waals surface area contributed by atoms with Crippen molar-refractivity contribution < 1.29 is 14.3 Å². The second-order valence-electron chi connectivity index (χ2n) is 6.00. The quantitative estimate of drug-likeness (QED) is 0.446. The number of carbonyl (C=O) groups is 1. The molecular formula is C19H17Cl3N4O3S. The number of benzene rings is 2. The van der Waals surface area contributed by atoms with Crippen LogP contribution in [0, 0.1) is 0 Å². The number of amides is 1. The normalized spacial score (nSPS) is 10.7. The van der Waals surface area contributed by atoms with Crippen LogP contribution in [-0.4, -0.2) is 33.5 Å². The molecule has 0 aliphatic rings. The van der Waals surface area contributed by atoms with E-state index in [9.17, 15) is 4.79 Å². The van der Waals surface area contributed by atoms with Crippen molar-refractivity contribution >= 4 is 58.2 Å². The van der Waals surface area contributed by atoms with Gasteiger partial charge in [-0.25, -0.2) is 0 Å². The Morgan fingerprint density at radius 1 is 1.10 bits per heavy atom. The maximum absolute atomic E-state index is 12.3. The third-order valence-corrected chi connectivity index (χ3v) is 5.73. The summed E-state index contributed by atoms with van der Waals surface area (Å²) in [6, 6.07) is 9.98. The molecule has 0 radical (unpaired) electrons. The van der Waals surface area contributed by atoms with Crippen molar-refractivity contribution in [3.05, 3.63) is 57.3 Å². The Labute approximate surface area is 192 Å². The number of anilines is 1. The van der Waals surface area contributed by atoms with Gasteiger partial charge in [0, 0.05) is 17.1 Å². The first-order valence-electron chi connectivity index (χ1n) is 8.59. The zero-order valence-electron chi connectivity index (χ0n) is 16.0. The van der Waals surface area contributed by atoms with Crippen molar-refractivity contribution in [2.75, 3.05) is 18.2 Å². The Morgan fingerprint density at radius 2 is 1.80 bits per heavy atom. The van der Waals surface area contributed by atoms with Gasteiger partial charge in [-0.05, 0) is 36.4 Å². The van der Waals surface area contributed by atoms with Crippen LogP contribution in [0.25, 0.3) is 0 Å². The average molecular weight is 488 g/mol. The van der Waals surface area contributed by atoms with E-state index >= 15 is 0 Å². The van der Waals surface area contributed by atoms with Crippen LogP contribution in [0.15, 0.2) is 41.6 Å². The van der Waals surface area contributed by atoms with Gasteiger partial charge in [0.25, 0.3) is 0 Å². The van der Waals surface area contributed by atoms with E-state index in [1.165, 1.54) is 18.9 Å². The monoisotopic (exact) mass is 486 g/mol. The Balaban J connectivity index is 1.57. The highest BCUT2D eigenvalue weighted by Crippen LogP contribution is 2.29. The number of ether oxygens (including phenoxy) is 2. The molecular weight excluding hydrogens is 471 g/mol. The largest absolute Gasteiger partial charge is 0.495 e. The maximum atomic E-state index is 12.3. The Bertz CT molecular complexity index is 1060. The first-order chi connectivity index (χ1) is 14.4. The summed E-state index contributed by atoms with van der Waals surface area (Å²) >= 11 is 19.2. The minimum atomic E-state index is -0.227. The first-order valence-corrected chi connectivity index (χ1v) is 10.7. The third-order valence-electron chi connectivity index (χ3n) is 3.94. The van der Waals surface area contributed by atoms with Gasteiger partial charge >= 0.3 is 0 Å². The van der Waals surface area contributed by atoms with Crippen LogP contribution < -0.4 is 14.8 Å². The average Bonchev–Trinajstić information content (AvgIpc) is 3.05. The number of thioether (sulfide) groups is 1. The minimum absolute atomic E-state index is 0.130. The second kappa shape index (κ2) is 10.3. The van der Waals surface area contributed by atoms with Gasteiger partial charge < -0.3 is 19.4 Å². The van der Waals surface area contributed by atoms with Crippen molar-refractivity contribution in [3.63, 3.8) is 0 Å². The van der Waals surface area contributed by atoms with E-state index in [-0.39, 0.29) is 18.3 Å². The Morgan fingerprint density at radius 3 is 2.50 bits per heavy atom. The second-order valence-corrected chi connectivity index (χ2v) is 8.23. The molecule has 0 unspecified atom stereocenters. The van der Waals surface area contributed by atoms with Gasteiger partial charge in [-0.1, -0.05) is 46.6 Å². The number of nitrogens with one attached hydrogen (secondary N) is 1. The van der Waals surface area contributed by atoms with Gasteiger partial charge in [-0.3, -0.25) is 4.79 Å². The number of nitrogens with zero attached hydrogens (tertiary/aromatic N) is 3. The number of rotatable bonds is 8. The van der Waals surface area contributed by atoms with Gasteiger partial charge in [0.2, 0.25) is 5.91 Å². The molecule has 0 saturated carbocycles. The Hall–Kier alpha value is -2.13. The molecule has 0 aliphatic heterocycles. The summed E-state index contributed by atoms with van der Waals surface area (Å²) in [4.78, 5) is 12.3. The molecule has 0 atom stereocenters. The number of methoxy groups -OCH3 is 1. The van der Waals surface area contributed by atoms with E-state index in [0.717, 1.165) is 0 Å². The van der Waals surface area contributed by atoms with Crippen LogP contribution >= 0.6 is 46.6 Å². The van der Waals surface area contributed by atoms with Gasteiger partial charge in [-0.2, -0.15) is 0 Å². The Kier molecular flexibility index (Phi) is 7.71. The van der Waals surface area contributed by atoms with Crippen LogP contribution in [0.2, 0.25) is 15.1 Å². The van der Waals surface area contributed by atoms with Crippen LogP contribution in [0.3, 0.4) is 0 Å². The summed E-state index contributed by atoms with van der Waals surface area (Å²) in [5, 5.41) is 13.0. The smallest absolute Gasteiger partial charge is 0.234 e. The lowest BCUT2D eigenvalue weighted by Gasteiger charge is -2.10. The van der Waals surface area contributed by atoms with Gasteiger partial charge in [0.05, 0.1) is 23.6 Å². The summed E-state index contributed by atoms with van der Waals surface area (Å²) < 4.78 is 12.7. The molecule has 0 aliphatic carbocycles. The van der Waals surface area contributed by atoms with Crippen LogP contribution in [0.1, 0.15) is 5.82 Å². The molecule has 1 heterocycles. The lowest BCUT2D eigenvalue weighted by Crippen LogP contribution is -2.15. The highest BCUT2D eigenvalue weighted by molar-refractivity contribution is 7.99. The van der Waals surface area contributed by atoms with Gasteiger partial charge in [0.1, 0.15) is 18.1 Å². The van der Waals surface area contributed by atoms with Crippen molar-refractivity contribution in [2.45, 2.75) is 11.8 Å². The minimum Gasteiger partial charge on any atom is -0.495 e. The van der Waals surface area contributed by atoms with E-state index in [2.05, 4.69) is 15.5 Å². The molecule has 0 bridgehead atoms. The summed E-state index contributed by atoms with van der Waals surface area (Å²) in [5.74, 6) is 1.51. The fourth-order valence-corrected chi connectivity index (χ4v) is 3.79. The molecule has 158 valence electrons. The third kappa shape index (κ3) is 5.72. The predicted molar refractivity (Wildman–Crippen MR) is 119 cm³/mol. The molecule has 1 amide bonds. The molecule has 3 aromatic rings. The van der Waals surface area contributed by atoms with Crippen LogP contribution in [-0.2, 0) is 18.4 Å². The van der Waals surface area contributed by atoms with E-state index in [4.69, 9.17) is 44.3 Å². The molecule has 0 fully saturated rings. The summed E-state index contributed by atoms with van der Waals surface area (Å²) in [5.41, 5.74) is 0.502. The van der Waals surface area contributed by atoms with E-state index in [1.54, 1.807) is 48.0 Å². The number of hydrogen-bond acceptors (Lipinski definition) is 6. The molecule has 0 spiro atoms. The predicted octanol–water partition coefficient (Wildman–Crippen LogP) is 5.09. The molecule has 2 aromatic carbocycles. The fraction of sp³-hybridized carbons (Fsp3) is 0.211. The topological polar surface area (TPSA) is 78.3 Å². The zero-order chi connectivity index (χ0) is 21.7. The van der Waals surface area contributed by atoms with E-state index in [0.29, 0.717) is 43.2 Å². The number of hydrogen-bond donors (Lipinski definition) is 1. The lowest BCUT2D eigenvalue weighted by atomic mass is 10.3. The van der Waals surface area contributed by atoms with Gasteiger partial charge in [0.15, 0.2) is 11.0 Å². The fourth-order valence-electron chi connectivity index (χ4n) is 2.43. The number of halogens is 3. The summed E-state index contributed by atoms with van der Waals surface area (Å²) in [6.45, 7) is 0.164. The van der Waals surface area contributed by atoms with Crippen molar-refractivity contribution in [3.8, 4) is 11.5 Å². The SMILES string of the molecule is COc1ccc(Cl)cc1NC(=O)CSc1nnc(COc2ccc(Cl)cc2Cl)n1C. The number of aromatic nitrogens is 3. The van der Waals surface area contributed by atoms with Crippen LogP contribution in [0.4, 0.5) is 5.69 Å². The molecule has 1 aromatic heterocycles. The lowest BCUT2D eigenvalue weighted by molar-refractivity contribution is -0.113.